The molecule has 0 aliphatic carbocycles. The molecule has 0 rings (SSSR count). The number of rotatable bonds is 2. The smallest absolute Gasteiger partial charge is 0.240 e. The van der Waals surface area contributed by atoms with Crippen molar-refractivity contribution in [1.82, 2.24) is 0 Å². The molecular formula is C3H4BrF3. The van der Waals surface area contributed by atoms with Crippen LogP contribution in [0.4, 0.5) is 13.2 Å². The molecule has 0 radical (unpaired) electrons. The third-order valence-electron chi connectivity index (χ3n) is 0.421. The van der Waals surface area contributed by atoms with Gasteiger partial charge in [-0.05, 0) is 0 Å². The maximum absolute atomic E-state index is 11.5. The van der Waals surface area contributed by atoms with E-state index >= 15 is 0 Å². The zero-order valence-corrected chi connectivity index (χ0v) is 4.96. The van der Waals surface area contributed by atoms with E-state index < -0.39 is 12.6 Å². The van der Waals surface area contributed by atoms with Crippen LogP contribution in [-0.2, 0) is 0 Å². The van der Waals surface area contributed by atoms with Gasteiger partial charge in [-0.25, -0.2) is 13.2 Å². The van der Waals surface area contributed by atoms with Gasteiger partial charge in [0, 0.05) is 5.33 Å². The summed E-state index contributed by atoms with van der Waals surface area (Å²) in [4.78, 5) is 0. The molecule has 0 N–H and O–H groups in total. The summed E-state index contributed by atoms with van der Waals surface area (Å²) in [5.41, 5.74) is 0. The van der Waals surface area contributed by atoms with E-state index in [1.54, 1.807) is 0 Å². The van der Waals surface area contributed by atoms with Crippen LogP contribution in [0.5, 0.6) is 0 Å². The highest BCUT2D eigenvalue weighted by Gasteiger charge is 2.16. The van der Waals surface area contributed by atoms with Gasteiger partial charge in [0.05, 0.1) is 0 Å². The average Bonchev–Trinajstić information content (AvgIpc) is 1.65. The van der Waals surface area contributed by atoms with Gasteiger partial charge in [-0.1, -0.05) is 15.9 Å². The van der Waals surface area contributed by atoms with Gasteiger partial charge in [-0.15, -0.1) is 0 Å². The minimum atomic E-state index is -2.85. The van der Waals surface area contributed by atoms with Crippen molar-refractivity contribution in [2.24, 2.45) is 0 Å². The van der Waals surface area contributed by atoms with E-state index in [1.165, 1.54) is 0 Å². The van der Waals surface area contributed by atoms with Gasteiger partial charge in [0.2, 0.25) is 0 Å². The number of hydrogen-bond acceptors (Lipinski definition) is 0. The Hall–Kier alpha value is 0.270. The second-order valence-corrected chi connectivity index (χ2v) is 1.65. The van der Waals surface area contributed by atoms with Gasteiger partial charge in [-0.2, -0.15) is 0 Å². The van der Waals surface area contributed by atoms with Gasteiger partial charge in [-0.3, -0.25) is 0 Å². The normalized spacial score (nSPS) is 15.0. The first-order chi connectivity index (χ1) is 3.18. The molecule has 0 saturated carbocycles. The lowest BCUT2D eigenvalue weighted by molar-refractivity contribution is 0.0634. The van der Waals surface area contributed by atoms with Crippen LogP contribution in [0.25, 0.3) is 0 Å². The Bertz CT molecular complexity index is 47.4. The van der Waals surface area contributed by atoms with E-state index in [4.69, 9.17) is 0 Å². The Kier molecular flexibility index (Phi) is 3.42. The van der Waals surface area contributed by atoms with Gasteiger partial charge in [0.1, 0.15) is 0 Å². The lowest BCUT2D eigenvalue weighted by Gasteiger charge is -1.97. The molecule has 0 fully saturated rings. The van der Waals surface area contributed by atoms with Crippen LogP contribution in [0.3, 0.4) is 0 Å². The highest BCUT2D eigenvalue weighted by molar-refractivity contribution is 9.09. The fraction of sp³-hybridized carbons (Fsp3) is 1.00. The molecule has 0 aromatic heterocycles. The summed E-state index contributed by atoms with van der Waals surface area (Å²) in [7, 11) is 0. The summed E-state index contributed by atoms with van der Waals surface area (Å²) >= 11 is 2.56. The van der Waals surface area contributed by atoms with E-state index in [0.717, 1.165) is 0 Å². The molecular weight excluding hydrogens is 173 g/mol. The molecule has 0 saturated heterocycles. The topological polar surface area (TPSA) is 0 Å². The van der Waals surface area contributed by atoms with E-state index in [2.05, 4.69) is 15.9 Å². The van der Waals surface area contributed by atoms with Gasteiger partial charge in [0.15, 0.2) is 6.17 Å². The second-order valence-electron chi connectivity index (χ2n) is 1.00. The predicted molar refractivity (Wildman–Crippen MR) is 24.7 cm³/mol. The van der Waals surface area contributed by atoms with E-state index in [0.29, 0.717) is 0 Å². The fourth-order valence-electron chi connectivity index (χ4n) is 0.0673. The van der Waals surface area contributed by atoms with Gasteiger partial charge in [0.25, 0.3) is 6.43 Å². The molecule has 0 aromatic rings. The van der Waals surface area contributed by atoms with Crippen molar-refractivity contribution in [3.8, 4) is 0 Å². The molecule has 1 unspecified atom stereocenters. The Morgan fingerprint density at radius 3 is 1.71 bits per heavy atom. The van der Waals surface area contributed by atoms with Gasteiger partial charge < -0.3 is 0 Å². The second kappa shape index (κ2) is 3.29. The minimum absolute atomic E-state index is 0.287. The number of hydrogen-bond donors (Lipinski definition) is 0. The molecule has 0 nitrogen and oxygen atoms in total. The first kappa shape index (κ1) is 7.27. The highest BCUT2D eigenvalue weighted by Crippen LogP contribution is 2.06. The molecule has 0 heterocycles. The highest BCUT2D eigenvalue weighted by atomic mass is 79.9. The summed E-state index contributed by atoms with van der Waals surface area (Å²) in [6, 6.07) is 0. The summed E-state index contributed by atoms with van der Waals surface area (Å²) in [6.07, 6.45) is -4.86. The molecule has 0 bridgehead atoms. The van der Waals surface area contributed by atoms with Crippen LogP contribution in [0.15, 0.2) is 0 Å². The quantitative estimate of drug-likeness (QED) is 0.565. The maximum atomic E-state index is 11.5. The molecule has 0 spiro atoms. The Morgan fingerprint density at radius 2 is 1.71 bits per heavy atom. The van der Waals surface area contributed by atoms with Crippen molar-refractivity contribution >= 4 is 15.9 Å². The molecule has 44 valence electrons. The van der Waals surface area contributed by atoms with E-state index in [1.807, 2.05) is 0 Å². The molecule has 4 heteroatoms. The third kappa shape index (κ3) is 2.91. The van der Waals surface area contributed by atoms with Crippen LogP contribution in [0, 0.1) is 0 Å². The Morgan fingerprint density at radius 1 is 1.29 bits per heavy atom. The maximum Gasteiger partial charge on any atom is 0.270 e. The lowest BCUT2D eigenvalue weighted by Crippen LogP contribution is -2.12. The lowest BCUT2D eigenvalue weighted by atomic mass is 10.5. The predicted octanol–water partition coefficient (Wildman–Crippen LogP) is 1.98. The molecule has 0 amide bonds. The monoisotopic (exact) mass is 176 g/mol. The van der Waals surface area contributed by atoms with Crippen molar-refractivity contribution in [1.29, 1.82) is 0 Å². The largest absolute Gasteiger partial charge is 0.270 e. The molecule has 0 aliphatic rings. The fourth-order valence-corrected chi connectivity index (χ4v) is 0.350. The van der Waals surface area contributed by atoms with E-state index in [9.17, 15) is 13.2 Å². The van der Waals surface area contributed by atoms with Crippen LogP contribution in [-0.4, -0.2) is 17.9 Å². The standard InChI is InChI=1S/C3H4BrF3/c4-1-2(5)3(6)7/h2-3H,1H2. The Labute approximate surface area is 47.8 Å². The van der Waals surface area contributed by atoms with Crippen molar-refractivity contribution in [2.45, 2.75) is 12.6 Å². The number of halogens is 4. The molecule has 1 atom stereocenters. The van der Waals surface area contributed by atoms with Crippen molar-refractivity contribution in [2.75, 3.05) is 5.33 Å². The third-order valence-corrected chi connectivity index (χ3v) is 1.04. The first-order valence-electron chi connectivity index (χ1n) is 1.66. The zero-order chi connectivity index (χ0) is 5.86. The van der Waals surface area contributed by atoms with E-state index in [-0.39, 0.29) is 5.33 Å². The van der Waals surface area contributed by atoms with Crippen molar-refractivity contribution in [3.05, 3.63) is 0 Å². The van der Waals surface area contributed by atoms with Crippen molar-refractivity contribution < 1.29 is 13.2 Å². The van der Waals surface area contributed by atoms with Crippen molar-refractivity contribution in [3.63, 3.8) is 0 Å². The number of alkyl halides is 4. The summed E-state index contributed by atoms with van der Waals surface area (Å²) in [5, 5.41) is -0.287. The van der Waals surface area contributed by atoms with Crippen LogP contribution in [0.1, 0.15) is 0 Å². The summed E-state index contributed by atoms with van der Waals surface area (Å²) < 4.78 is 33.5. The van der Waals surface area contributed by atoms with Crippen LogP contribution >= 0.6 is 15.9 Å². The summed E-state index contributed by atoms with van der Waals surface area (Å²) in [6.45, 7) is 0. The Balaban J connectivity index is 3.14. The first-order valence-corrected chi connectivity index (χ1v) is 2.78. The zero-order valence-electron chi connectivity index (χ0n) is 3.37. The van der Waals surface area contributed by atoms with Gasteiger partial charge >= 0.3 is 0 Å². The summed E-state index contributed by atoms with van der Waals surface area (Å²) in [5.74, 6) is 0. The van der Waals surface area contributed by atoms with Crippen LogP contribution in [0.2, 0.25) is 0 Å². The SMILES string of the molecule is FC(F)C(F)CBr. The average molecular weight is 177 g/mol. The minimum Gasteiger partial charge on any atom is -0.240 e. The molecule has 0 aromatic carbocycles. The molecule has 7 heavy (non-hydrogen) atoms. The van der Waals surface area contributed by atoms with Crippen LogP contribution < -0.4 is 0 Å². The molecule has 0 aliphatic heterocycles.